The molecule has 0 aliphatic carbocycles. The zero-order chi connectivity index (χ0) is 17.9. The minimum Gasteiger partial charge on any atom is -0.348 e. The van der Waals surface area contributed by atoms with Gasteiger partial charge in [0.25, 0.3) is 0 Å². The molecule has 0 atom stereocenters. The first kappa shape index (κ1) is 18.8. The van der Waals surface area contributed by atoms with E-state index in [1.165, 1.54) is 0 Å². The second kappa shape index (κ2) is 7.57. The number of halogens is 6. The van der Waals surface area contributed by atoms with Crippen molar-refractivity contribution < 1.29 is 35.8 Å². The Kier molecular flexibility index (Phi) is 5.92. The molecule has 1 aliphatic rings. The Bertz CT molecular complexity index is 580. The maximum absolute atomic E-state index is 13.9. The summed E-state index contributed by atoms with van der Waals surface area (Å²) in [5, 5.41) is 0. The molecule has 0 amide bonds. The Hall–Kier alpha value is -1.54. The molecule has 1 aliphatic heterocycles. The zero-order valence-corrected chi connectivity index (χ0v) is 12.8. The average molecular weight is 354 g/mol. The molecule has 0 aromatic heterocycles. The maximum atomic E-state index is 13.9. The van der Waals surface area contributed by atoms with Gasteiger partial charge in [-0.15, -0.1) is 0 Å². The summed E-state index contributed by atoms with van der Waals surface area (Å²) in [4.78, 5) is 0. The Morgan fingerprint density at radius 1 is 1.17 bits per heavy atom. The largest absolute Gasteiger partial charge is 0.412 e. The van der Waals surface area contributed by atoms with E-state index in [0.29, 0.717) is 25.3 Å². The van der Waals surface area contributed by atoms with Crippen LogP contribution in [-0.2, 0) is 9.47 Å². The molecule has 0 N–H and O–H groups in total. The summed E-state index contributed by atoms with van der Waals surface area (Å²) in [5.74, 6) is -4.76. The molecule has 1 saturated heterocycles. The summed E-state index contributed by atoms with van der Waals surface area (Å²) in [7, 11) is 0. The van der Waals surface area contributed by atoms with Crippen LogP contribution in [0.2, 0.25) is 0 Å². The second-order valence-electron chi connectivity index (χ2n) is 5.55. The molecule has 134 valence electrons. The lowest BCUT2D eigenvalue weighted by molar-refractivity contribution is -0.206. The highest BCUT2D eigenvalue weighted by Gasteiger charge is 2.29. The summed E-state index contributed by atoms with van der Waals surface area (Å²) in [6.45, 7) is 2.68. The molecule has 0 bridgehead atoms. The van der Waals surface area contributed by atoms with Crippen LogP contribution >= 0.6 is 0 Å². The van der Waals surface area contributed by atoms with Crippen LogP contribution in [0.25, 0.3) is 5.83 Å². The number of ether oxygens (including phenoxy) is 2. The third kappa shape index (κ3) is 4.73. The third-order valence-corrected chi connectivity index (χ3v) is 3.53. The number of rotatable bonds is 4. The smallest absolute Gasteiger partial charge is 0.348 e. The van der Waals surface area contributed by atoms with E-state index in [4.69, 9.17) is 9.47 Å². The lowest BCUT2D eigenvalue weighted by atomic mass is 10.0. The van der Waals surface area contributed by atoms with Crippen molar-refractivity contribution in [1.29, 1.82) is 0 Å². The molecule has 1 aromatic rings. The topological polar surface area (TPSA) is 18.5 Å². The van der Waals surface area contributed by atoms with Gasteiger partial charge in [-0.3, -0.25) is 0 Å². The maximum Gasteiger partial charge on any atom is 0.412 e. The van der Waals surface area contributed by atoms with Crippen molar-refractivity contribution >= 4 is 5.83 Å². The minimum atomic E-state index is -5.02. The van der Waals surface area contributed by atoms with Gasteiger partial charge < -0.3 is 9.47 Å². The predicted octanol–water partition coefficient (Wildman–Crippen LogP) is 5.30. The van der Waals surface area contributed by atoms with Crippen molar-refractivity contribution in [3.05, 3.63) is 41.0 Å². The summed E-state index contributed by atoms with van der Waals surface area (Å²) < 4.78 is 88.4. The lowest BCUT2D eigenvalue weighted by Crippen LogP contribution is -2.27. The molecule has 0 radical (unpaired) electrons. The second-order valence-corrected chi connectivity index (χ2v) is 5.55. The van der Waals surface area contributed by atoms with Gasteiger partial charge in [0.05, 0.1) is 24.9 Å². The molecule has 0 unspecified atom stereocenters. The van der Waals surface area contributed by atoms with E-state index < -0.39 is 41.6 Å². The zero-order valence-electron chi connectivity index (χ0n) is 12.8. The fourth-order valence-electron chi connectivity index (χ4n) is 2.48. The Balaban J connectivity index is 2.20. The summed E-state index contributed by atoms with van der Waals surface area (Å²) in [6, 6.07) is 1.43. The Labute approximate surface area is 135 Å². The fraction of sp³-hybridized carbons (Fsp3) is 0.500. The highest BCUT2D eigenvalue weighted by molar-refractivity contribution is 5.61. The minimum absolute atomic E-state index is 0.0523. The molecule has 0 spiro atoms. The van der Waals surface area contributed by atoms with Crippen LogP contribution in [0.15, 0.2) is 18.2 Å². The monoisotopic (exact) mass is 354 g/mol. The van der Waals surface area contributed by atoms with Crippen LogP contribution in [0.4, 0.5) is 26.3 Å². The van der Waals surface area contributed by atoms with E-state index in [1.807, 2.05) is 6.92 Å². The van der Waals surface area contributed by atoms with Crippen molar-refractivity contribution in [3.8, 4) is 0 Å². The van der Waals surface area contributed by atoms with E-state index in [9.17, 15) is 26.3 Å². The highest BCUT2D eigenvalue weighted by atomic mass is 19.4. The van der Waals surface area contributed by atoms with Gasteiger partial charge >= 0.3 is 6.18 Å². The van der Waals surface area contributed by atoms with Gasteiger partial charge in [-0.2, -0.15) is 13.2 Å². The first-order chi connectivity index (χ1) is 11.2. The van der Waals surface area contributed by atoms with Crippen molar-refractivity contribution in [1.82, 2.24) is 0 Å². The normalized spacial score (nSPS) is 22.7. The summed E-state index contributed by atoms with van der Waals surface area (Å²) >= 11 is 0. The van der Waals surface area contributed by atoms with Crippen LogP contribution in [0.3, 0.4) is 0 Å². The molecule has 8 heteroatoms. The standard InChI is InChI=1S/C16H16F6O2/c1-2-3-9-7-23-15(24-8-9)10-4-11(17)14(12(18)5-10)13(19)6-16(20,21)22/h4-6,9,15H,2-3,7-8H2,1H3/b13-6-. The van der Waals surface area contributed by atoms with Gasteiger partial charge in [0.15, 0.2) is 6.29 Å². The molecule has 2 rings (SSSR count). The number of hydrogen-bond acceptors (Lipinski definition) is 2. The molecule has 1 heterocycles. The van der Waals surface area contributed by atoms with Crippen LogP contribution in [0, 0.1) is 17.6 Å². The molecular weight excluding hydrogens is 338 g/mol. The average Bonchev–Trinajstić information content (AvgIpc) is 2.45. The molecule has 0 saturated carbocycles. The first-order valence-electron chi connectivity index (χ1n) is 7.39. The summed E-state index contributed by atoms with van der Waals surface area (Å²) in [5.41, 5.74) is -1.42. The van der Waals surface area contributed by atoms with E-state index in [-0.39, 0.29) is 11.5 Å². The van der Waals surface area contributed by atoms with Gasteiger partial charge in [0, 0.05) is 11.5 Å². The van der Waals surface area contributed by atoms with Crippen molar-refractivity contribution in [2.45, 2.75) is 32.2 Å². The van der Waals surface area contributed by atoms with Crippen molar-refractivity contribution in [2.75, 3.05) is 13.2 Å². The van der Waals surface area contributed by atoms with Gasteiger partial charge in [-0.05, 0) is 18.6 Å². The van der Waals surface area contributed by atoms with Gasteiger partial charge in [-0.1, -0.05) is 13.3 Å². The van der Waals surface area contributed by atoms with E-state index >= 15 is 0 Å². The Morgan fingerprint density at radius 2 is 1.71 bits per heavy atom. The predicted molar refractivity (Wildman–Crippen MR) is 74.5 cm³/mol. The SMILES string of the molecule is CCCC1COC(c2cc(F)c(/C(F)=C/C(F)(F)F)c(F)c2)OC1. The quantitative estimate of drug-likeness (QED) is 0.683. The van der Waals surface area contributed by atoms with Crippen LogP contribution in [0.5, 0.6) is 0 Å². The first-order valence-corrected chi connectivity index (χ1v) is 7.39. The van der Waals surface area contributed by atoms with E-state index in [0.717, 1.165) is 12.8 Å². The van der Waals surface area contributed by atoms with Crippen molar-refractivity contribution in [2.24, 2.45) is 5.92 Å². The highest BCUT2D eigenvalue weighted by Crippen LogP contribution is 2.33. The van der Waals surface area contributed by atoms with Crippen molar-refractivity contribution in [3.63, 3.8) is 0 Å². The van der Waals surface area contributed by atoms with Crippen LogP contribution in [0.1, 0.15) is 37.2 Å². The van der Waals surface area contributed by atoms with E-state index in [2.05, 4.69) is 0 Å². The number of benzene rings is 1. The number of hydrogen-bond donors (Lipinski definition) is 0. The molecular formula is C16H16F6O2. The third-order valence-electron chi connectivity index (χ3n) is 3.53. The molecule has 24 heavy (non-hydrogen) atoms. The molecule has 1 fully saturated rings. The van der Waals surface area contributed by atoms with Crippen LogP contribution < -0.4 is 0 Å². The van der Waals surface area contributed by atoms with E-state index in [1.54, 1.807) is 0 Å². The number of allylic oxidation sites excluding steroid dienone is 1. The van der Waals surface area contributed by atoms with Gasteiger partial charge in [0.1, 0.15) is 17.5 Å². The Morgan fingerprint density at radius 3 is 2.17 bits per heavy atom. The van der Waals surface area contributed by atoms with Gasteiger partial charge in [0.2, 0.25) is 0 Å². The lowest BCUT2D eigenvalue weighted by Gasteiger charge is -2.29. The van der Waals surface area contributed by atoms with Crippen LogP contribution in [-0.4, -0.2) is 19.4 Å². The number of alkyl halides is 3. The molecule has 1 aromatic carbocycles. The van der Waals surface area contributed by atoms with Gasteiger partial charge in [-0.25, -0.2) is 13.2 Å². The summed E-state index contributed by atoms with van der Waals surface area (Å²) in [6.07, 6.45) is -5.04. The molecule has 2 nitrogen and oxygen atoms in total. The fourth-order valence-corrected chi connectivity index (χ4v) is 2.48.